The molecule has 1 N–H and O–H groups in total. The van der Waals surface area contributed by atoms with Crippen LogP contribution in [0.1, 0.15) is 36.5 Å². The van der Waals surface area contributed by atoms with Gasteiger partial charge in [0.1, 0.15) is 5.75 Å². The summed E-state index contributed by atoms with van der Waals surface area (Å²) in [6.07, 6.45) is 3.74. The number of hydrogen-bond acceptors (Lipinski definition) is 3. The highest BCUT2D eigenvalue weighted by Gasteiger charge is 2.11. The van der Waals surface area contributed by atoms with Crippen molar-refractivity contribution in [2.24, 2.45) is 5.10 Å². The van der Waals surface area contributed by atoms with Crippen molar-refractivity contribution in [2.45, 2.75) is 26.3 Å². The zero-order valence-corrected chi connectivity index (χ0v) is 20.2. The Bertz CT molecular complexity index is 1280. The zero-order chi connectivity index (χ0) is 23.2. The van der Waals surface area contributed by atoms with E-state index in [0.29, 0.717) is 5.75 Å². The highest BCUT2D eigenvalue weighted by atomic mass is 79.9. The highest BCUT2D eigenvalue weighted by molar-refractivity contribution is 9.10. The third-order valence-corrected chi connectivity index (χ3v) is 5.85. The van der Waals surface area contributed by atoms with Crippen LogP contribution in [0.4, 0.5) is 0 Å². The molecule has 0 aliphatic rings. The number of nitrogens with zero attached hydrogens (tertiary/aromatic N) is 2. The molecule has 5 nitrogen and oxygen atoms in total. The van der Waals surface area contributed by atoms with Gasteiger partial charge in [-0.3, -0.25) is 4.79 Å². The molecule has 0 unspecified atom stereocenters. The summed E-state index contributed by atoms with van der Waals surface area (Å²) < 4.78 is 8.93. The second kappa shape index (κ2) is 10.5. The molecule has 6 heteroatoms. The van der Waals surface area contributed by atoms with Crippen molar-refractivity contribution in [3.8, 4) is 5.75 Å². The molecule has 4 aromatic rings. The molecule has 0 fully saturated rings. The van der Waals surface area contributed by atoms with E-state index < -0.39 is 0 Å². The fourth-order valence-corrected chi connectivity index (χ4v) is 4.12. The molecule has 1 aromatic heterocycles. The van der Waals surface area contributed by atoms with Crippen molar-refractivity contribution < 1.29 is 9.53 Å². The van der Waals surface area contributed by atoms with Crippen LogP contribution >= 0.6 is 15.9 Å². The first-order chi connectivity index (χ1) is 16.0. The van der Waals surface area contributed by atoms with Crippen LogP contribution in [-0.2, 0) is 11.3 Å². The van der Waals surface area contributed by atoms with Gasteiger partial charge in [-0.1, -0.05) is 78.3 Å². The number of fused-ring (bicyclic) bond motifs is 1. The molecular formula is C27H26BrN3O2. The number of rotatable bonds is 8. The van der Waals surface area contributed by atoms with E-state index >= 15 is 0 Å². The van der Waals surface area contributed by atoms with Gasteiger partial charge >= 0.3 is 0 Å². The van der Waals surface area contributed by atoms with E-state index in [9.17, 15) is 4.79 Å². The number of carbonyl (C=O) groups is 1. The molecular weight excluding hydrogens is 478 g/mol. The van der Waals surface area contributed by atoms with Crippen molar-refractivity contribution in [3.63, 3.8) is 0 Å². The van der Waals surface area contributed by atoms with Gasteiger partial charge in [0.2, 0.25) is 0 Å². The lowest BCUT2D eigenvalue weighted by Gasteiger charge is -2.13. The van der Waals surface area contributed by atoms with Crippen molar-refractivity contribution in [3.05, 3.63) is 100 Å². The standard InChI is InChI=1S/C27H26BrN3O2/c1-19(2)24-14-22(28)12-13-26(24)33-18-27(32)30-29-15-21-17-31(16-20-8-4-3-5-9-20)25-11-7-6-10-23(21)25/h3-15,17,19H,16,18H2,1-2H3,(H,30,32)/b29-15+. The molecule has 0 aliphatic carbocycles. The maximum atomic E-state index is 12.3. The number of amides is 1. The van der Waals surface area contributed by atoms with E-state index in [1.54, 1.807) is 6.21 Å². The van der Waals surface area contributed by atoms with E-state index in [0.717, 1.165) is 33.0 Å². The molecule has 168 valence electrons. The van der Waals surface area contributed by atoms with Crippen LogP contribution in [0.5, 0.6) is 5.75 Å². The van der Waals surface area contributed by atoms with Gasteiger partial charge in [-0.25, -0.2) is 5.43 Å². The summed E-state index contributed by atoms with van der Waals surface area (Å²) in [4.78, 5) is 12.3. The summed E-state index contributed by atoms with van der Waals surface area (Å²) in [5.74, 6) is 0.681. The van der Waals surface area contributed by atoms with Crippen molar-refractivity contribution >= 4 is 39.0 Å². The third kappa shape index (κ3) is 5.71. The maximum absolute atomic E-state index is 12.3. The quantitative estimate of drug-likeness (QED) is 0.233. The van der Waals surface area contributed by atoms with Crippen molar-refractivity contribution in [1.29, 1.82) is 0 Å². The molecule has 3 aromatic carbocycles. The van der Waals surface area contributed by atoms with Crippen LogP contribution in [0.2, 0.25) is 0 Å². The Morgan fingerprint density at radius 2 is 1.85 bits per heavy atom. The predicted octanol–water partition coefficient (Wildman–Crippen LogP) is 6.10. The Kier molecular flexibility index (Phi) is 7.25. The summed E-state index contributed by atoms with van der Waals surface area (Å²) in [6, 6.07) is 24.3. The molecule has 0 aliphatic heterocycles. The summed E-state index contributed by atoms with van der Waals surface area (Å²) >= 11 is 3.48. The largest absolute Gasteiger partial charge is 0.483 e. The second-order valence-electron chi connectivity index (χ2n) is 8.13. The number of carbonyl (C=O) groups excluding carboxylic acids is 1. The maximum Gasteiger partial charge on any atom is 0.277 e. The fourth-order valence-electron chi connectivity index (χ4n) is 3.74. The molecule has 0 radical (unpaired) electrons. The van der Waals surface area contributed by atoms with Gasteiger partial charge < -0.3 is 9.30 Å². The second-order valence-corrected chi connectivity index (χ2v) is 9.05. The summed E-state index contributed by atoms with van der Waals surface area (Å²) in [5.41, 5.74) is 6.90. The first-order valence-corrected chi connectivity index (χ1v) is 11.7. The Labute approximate surface area is 202 Å². The molecule has 33 heavy (non-hydrogen) atoms. The van der Waals surface area contributed by atoms with Gasteiger partial charge in [-0.05, 0) is 41.3 Å². The first kappa shape index (κ1) is 22.8. The number of hydrazone groups is 1. The van der Waals surface area contributed by atoms with Gasteiger partial charge in [-0.15, -0.1) is 0 Å². The van der Waals surface area contributed by atoms with Gasteiger partial charge in [0.05, 0.1) is 6.21 Å². The third-order valence-electron chi connectivity index (χ3n) is 5.36. The molecule has 0 bridgehead atoms. The van der Waals surface area contributed by atoms with E-state index in [2.05, 4.69) is 75.3 Å². The van der Waals surface area contributed by atoms with Crippen molar-refractivity contribution in [1.82, 2.24) is 9.99 Å². The highest BCUT2D eigenvalue weighted by Crippen LogP contribution is 2.29. The fraction of sp³-hybridized carbons (Fsp3) is 0.185. The number of halogens is 1. The van der Waals surface area contributed by atoms with Crippen LogP contribution in [0.25, 0.3) is 10.9 Å². The van der Waals surface area contributed by atoms with Crippen LogP contribution in [0.3, 0.4) is 0 Å². The van der Waals surface area contributed by atoms with E-state index in [1.165, 1.54) is 5.56 Å². The SMILES string of the molecule is CC(C)c1cc(Br)ccc1OCC(=O)N/N=C/c1cn(Cc2ccccc2)c2ccccc12. The lowest BCUT2D eigenvalue weighted by Crippen LogP contribution is -2.24. The molecule has 0 spiro atoms. The van der Waals surface area contributed by atoms with Crippen LogP contribution in [-0.4, -0.2) is 23.3 Å². The lowest BCUT2D eigenvalue weighted by atomic mass is 10.0. The smallest absolute Gasteiger partial charge is 0.277 e. The molecule has 1 heterocycles. The first-order valence-electron chi connectivity index (χ1n) is 10.9. The van der Waals surface area contributed by atoms with Crippen LogP contribution < -0.4 is 10.2 Å². The van der Waals surface area contributed by atoms with Crippen LogP contribution in [0, 0.1) is 0 Å². The number of ether oxygens (including phenoxy) is 1. The average molecular weight is 504 g/mol. The van der Waals surface area contributed by atoms with E-state index in [-0.39, 0.29) is 18.4 Å². The molecule has 0 atom stereocenters. The van der Waals surface area contributed by atoms with E-state index in [1.807, 2.05) is 48.5 Å². The minimum atomic E-state index is -0.308. The summed E-state index contributed by atoms with van der Waals surface area (Å²) in [7, 11) is 0. The number of para-hydroxylation sites is 1. The van der Waals surface area contributed by atoms with Gasteiger partial charge in [0.15, 0.2) is 6.61 Å². The Hall–Kier alpha value is -3.38. The minimum Gasteiger partial charge on any atom is -0.483 e. The normalized spacial score (nSPS) is 11.4. The Morgan fingerprint density at radius 1 is 1.09 bits per heavy atom. The Morgan fingerprint density at radius 3 is 2.64 bits per heavy atom. The molecule has 1 amide bonds. The molecule has 0 saturated heterocycles. The van der Waals surface area contributed by atoms with Gasteiger partial charge in [0, 0.05) is 33.7 Å². The van der Waals surface area contributed by atoms with E-state index in [4.69, 9.17) is 4.74 Å². The number of aromatic nitrogens is 1. The number of benzene rings is 3. The molecule has 4 rings (SSSR count). The predicted molar refractivity (Wildman–Crippen MR) is 137 cm³/mol. The monoisotopic (exact) mass is 503 g/mol. The average Bonchev–Trinajstić information content (AvgIpc) is 3.16. The van der Waals surface area contributed by atoms with Crippen molar-refractivity contribution in [2.75, 3.05) is 6.61 Å². The van der Waals surface area contributed by atoms with Gasteiger partial charge in [-0.2, -0.15) is 5.10 Å². The summed E-state index contributed by atoms with van der Waals surface area (Å²) in [5, 5.41) is 5.25. The minimum absolute atomic E-state index is 0.103. The summed E-state index contributed by atoms with van der Waals surface area (Å²) in [6.45, 7) is 4.84. The zero-order valence-electron chi connectivity index (χ0n) is 18.7. The number of nitrogens with one attached hydrogen (secondary N) is 1. The number of hydrogen-bond donors (Lipinski definition) is 1. The Balaban J connectivity index is 1.42. The lowest BCUT2D eigenvalue weighted by molar-refractivity contribution is -0.123. The molecule has 0 saturated carbocycles. The topological polar surface area (TPSA) is 55.6 Å². The van der Waals surface area contributed by atoms with Crippen LogP contribution in [0.15, 0.2) is 88.6 Å². The van der Waals surface area contributed by atoms with Gasteiger partial charge in [0.25, 0.3) is 5.91 Å².